The molecule has 0 saturated carbocycles. The van der Waals surface area contributed by atoms with E-state index in [-0.39, 0.29) is 76.7 Å². The summed E-state index contributed by atoms with van der Waals surface area (Å²) in [6, 6.07) is 12.9. The molecule has 7 N–H and O–H groups in total. The summed E-state index contributed by atoms with van der Waals surface area (Å²) >= 11 is 0. The van der Waals surface area contributed by atoms with Crippen molar-refractivity contribution in [2.45, 2.75) is 43.2 Å². The Kier molecular flexibility index (Phi) is 9.05. The monoisotopic (exact) mass is 739 g/mol. The second-order valence-electron chi connectivity index (χ2n) is 12.9. The highest BCUT2D eigenvalue weighted by molar-refractivity contribution is 6.72. The van der Waals surface area contributed by atoms with Crippen LogP contribution in [0.1, 0.15) is 54.5 Å². The lowest BCUT2D eigenvalue weighted by atomic mass is 9.79. The van der Waals surface area contributed by atoms with E-state index in [1.807, 2.05) is 0 Å². The van der Waals surface area contributed by atoms with Crippen LogP contribution in [-0.4, -0.2) is 118 Å². The molecule has 4 heterocycles. The van der Waals surface area contributed by atoms with E-state index in [1.54, 1.807) is 35.2 Å². The first-order valence-corrected chi connectivity index (χ1v) is 16.9. The highest BCUT2D eigenvalue weighted by Crippen LogP contribution is 2.49. The average molecular weight is 740 g/mol. The number of anilines is 1. The summed E-state index contributed by atoms with van der Waals surface area (Å²) in [7, 11) is 0. The van der Waals surface area contributed by atoms with E-state index in [0.717, 1.165) is 0 Å². The van der Waals surface area contributed by atoms with Crippen molar-refractivity contribution >= 4 is 40.7 Å². The fraction of sp³-hybridized carbons (Fsp3) is 0.297. The van der Waals surface area contributed by atoms with Gasteiger partial charge in [-0.15, -0.1) is 0 Å². The van der Waals surface area contributed by atoms with Gasteiger partial charge >= 0.3 is 5.91 Å². The number of allylic oxidation sites excluding steroid dienone is 1. The molecule has 1 saturated heterocycles. The number of para-hydroxylation sites is 1. The summed E-state index contributed by atoms with van der Waals surface area (Å²) in [6.07, 6.45) is -5.03. The van der Waals surface area contributed by atoms with Crippen molar-refractivity contribution in [2.75, 3.05) is 31.4 Å². The molecule has 8 rings (SSSR count). The van der Waals surface area contributed by atoms with E-state index in [4.69, 9.17) is 24.7 Å². The van der Waals surface area contributed by atoms with Crippen molar-refractivity contribution in [2.24, 2.45) is 20.7 Å². The summed E-state index contributed by atoms with van der Waals surface area (Å²) in [6.45, 7) is -1.57. The van der Waals surface area contributed by atoms with Gasteiger partial charge in [-0.3, -0.25) is 19.4 Å². The third kappa shape index (κ3) is 5.74. The smallest absolute Gasteiger partial charge is 0.302 e. The molecule has 3 aromatic carbocycles. The van der Waals surface area contributed by atoms with Crippen LogP contribution in [-0.2, 0) is 20.9 Å². The van der Waals surface area contributed by atoms with Gasteiger partial charge in [0.05, 0.1) is 25.0 Å². The largest absolute Gasteiger partial charge is 0.499 e. The second kappa shape index (κ2) is 13.9. The van der Waals surface area contributed by atoms with Gasteiger partial charge in [0.1, 0.15) is 44.3 Å². The number of carbonyl (C=O) groups is 3. The minimum atomic E-state index is -1.82. The first kappa shape index (κ1) is 35.2. The molecule has 0 spiro atoms. The zero-order valence-electron chi connectivity index (χ0n) is 28.2. The molecule has 2 bridgehead atoms. The Labute approximate surface area is 305 Å². The normalized spacial score (nSPS) is 25.8. The number of aliphatic imine (C=N–C) groups is 3. The molecule has 6 unspecified atom stereocenters. The van der Waals surface area contributed by atoms with Crippen LogP contribution in [0.25, 0.3) is 0 Å². The Hall–Kier alpha value is -5.82. The summed E-state index contributed by atoms with van der Waals surface area (Å²) in [5.41, 5.74) is 7.29. The van der Waals surface area contributed by atoms with Gasteiger partial charge in [-0.1, -0.05) is 24.3 Å². The first-order valence-electron chi connectivity index (χ1n) is 16.9. The number of nitrogens with zero attached hydrogens (tertiary/aromatic N) is 4. The molecule has 1 fully saturated rings. The number of guanidine groups is 1. The number of carbonyl (C=O) groups excluding carboxylic acids is 3. The predicted molar refractivity (Wildman–Crippen MR) is 188 cm³/mol. The fourth-order valence-electron chi connectivity index (χ4n) is 7.15. The van der Waals surface area contributed by atoms with E-state index in [2.05, 4.69) is 15.0 Å². The van der Waals surface area contributed by atoms with Crippen LogP contribution in [0.15, 0.2) is 75.8 Å². The zero-order valence-corrected chi connectivity index (χ0v) is 28.2. The number of rotatable bonds is 6. The number of benzene rings is 3. The zero-order chi connectivity index (χ0) is 37.8. The molecule has 4 aliphatic heterocycles. The van der Waals surface area contributed by atoms with Crippen molar-refractivity contribution in [3.63, 3.8) is 0 Å². The van der Waals surface area contributed by atoms with Gasteiger partial charge in [-0.05, 0) is 41.5 Å². The molecular weight excluding hydrogens is 706 g/mol. The number of hydrogen-bond donors (Lipinski definition) is 6. The SMILES string of the molecule is NC1=NC(=O)C2=NCN(c3ccccc3C3C=COCC4OC(Oc5c3cc3c(c5OCCO)C(=O)c5cc(CO)ccc5C3=O)C(O)C(O)C4O)C2=N1. The molecule has 1 amide bonds. The molecule has 0 radical (unpaired) electrons. The molecule has 6 atom stereocenters. The molecule has 0 aromatic heterocycles. The standard InChI is InChI=1S/C37H33N5O12/c38-37-40-34-26(35(50)41-37)39-15-42(34)23-4-2-1-3-18(23)17-7-9-51-14-24-29(47)30(48)31(49)36(53-24)54-32-21(17)12-22-25(33(32)52-10-8-43)28(46)20-11-16(13-44)5-6-19(20)27(22)45/h1-7,9,11-12,17,24,29-31,36,43-44,47-49H,8,10,13-15H2,(H2,38,41,50). The van der Waals surface area contributed by atoms with Crippen LogP contribution in [0.2, 0.25) is 0 Å². The van der Waals surface area contributed by atoms with Crippen LogP contribution in [0.4, 0.5) is 5.69 Å². The fourth-order valence-corrected chi connectivity index (χ4v) is 7.15. The van der Waals surface area contributed by atoms with E-state index < -0.39 is 67.3 Å². The van der Waals surface area contributed by atoms with Crippen LogP contribution >= 0.6 is 0 Å². The molecule has 54 heavy (non-hydrogen) atoms. The van der Waals surface area contributed by atoms with Gasteiger partial charge < -0.3 is 55.1 Å². The van der Waals surface area contributed by atoms with Crippen molar-refractivity contribution in [3.8, 4) is 11.5 Å². The van der Waals surface area contributed by atoms with E-state index in [0.29, 0.717) is 16.8 Å². The maximum absolute atomic E-state index is 14.4. The predicted octanol–water partition coefficient (Wildman–Crippen LogP) is -0.340. The van der Waals surface area contributed by atoms with Gasteiger partial charge in [0.25, 0.3) is 0 Å². The van der Waals surface area contributed by atoms with Gasteiger partial charge in [-0.2, -0.15) is 9.98 Å². The molecule has 17 heteroatoms. The van der Waals surface area contributed by atoms with Crippen LogP contribution < -0.4 is 20.1 Å². The van der Waals surface area contributed by atoms with Crippen LogP contribution in [0.5, 0.6) is 11.5 Å². The Morgan fingerprint density at radius 2 is 1.72 bits per heavy atom. The lowest BCUT2D eigenvalue weighted by Crippen LogP contribution is -2.60. The minimum absolute atomic E-state index is 0.00252. The number of nitrogens with two attached hydrogens (primary N) is 1. The van der Waals surface area contributed by atoms with E-state index in [9.17, 15) is 39.9 Å². The number of amides is 1. The summed E-state index contributed by atoms with van der Waals surface area (Å²) < 4.78 is 24.2. The molecule has 17 nitrogen and oxygen atoms in total. The quantitative estimate of drug-likeness (QED) is 0.148. The lowest BCUT2D eigenvalue weighted by Gasteiger charge is -2.40. The van der Waals surface area contributed by atoms with Crippen molar-refractivity contribution in [1.82, 2.24) is 0 Å². The maximum Gasteiger partial charge on any atom is 0.302 e. The van der Waals surface area contributed by atoms with Crippen LogP contribution in [0, 0.1) is 0 Å². The molecule has 1 aliphatic carbocycles. The molecular formula is C37H33N5O12. The third-order valence-corrected chi connectivity index (χ3v) is 9.73. The van der Waals surface area contributed by atoms with Crippen molar-refractivity contribution in [3.05, 3.63) is 99.8 Å². The third-order valence-electron chi connectivity index (χ3n) is 9.73. The number of aliphatic hydroxyl groups excluding tert-OH is 5. The average Bonchev–Trinajstić information content (AvgIpc) is 3.59. The Bertz CT molecular complexity index is 2220. The number of hydrogen-bond acceptors (Lipinski definition) is 16. The number of fused-ring (bicyclic) bond motifs is 6. The summed E-state index contributed by atoms with van der Waals surface area (Å²) in [5, 5.41) is 52.4. The van der Waals surface area contributed by atoms with Crippen molar-refractivity contribution in [1.29, 1.82) is 0 Å². The van der Waals surface area contributed by atoms with Crippen molar-refractivity contribution < 1.29 is 58.9 Å². The number of ether oxygens (including phenoxy) is 4. The Morgan fingerprint density at radius 3 is 2.52 bits per heavy atom. The maximum atomic E-state index is 14.4. The second-order valence-corrected chi connectivity index (χ2v) is 12.9. The van der Waals surface area contributed by atoms with Gasteiger partial charge in [-0.25, -0.2) is 0 Å². The molecule has 278 valence electrons. The Morgan fingerprint density at radius 1 is 0.907 bits per heavy atom. The number of ketones is 2. The van der Waals surface area contributed by atoms with E-state index >= 15 is 0 Å². The minimum Gasteiger partial charge on any atom is -0.499 e. The van der Waals surface area contributed by atoms with Crippen LogP contribution in [0.3, 0.4) is 0 Å². The summed E-state index contributed by atoms with van der Waals surface area (Å²) in [5.74, 6) is -3.31. The topological polar surface area (TPSA) is 256 Å². The van der Waals surface area contributed by atoms with Gasteiger partial charge in [0, 0.05) is 33.9 Å². The highest BCUT2D eigenvalue weighted by Gasteiger charge is 2.47. The van der Waals surface area contributed by atoms with Gasteiger partial charge in [0.2, 0.25) is 12.2 Å². The number of amidine groups is 1. The lowest BCUT2D eigenvalue weighted by molar-refractivity contribution is -0.277. The first-order chi connectivity index (χ1) is 26.1. The summed E-state index contributed by atoms with van der Waals surface area (Å²) in [4.78, 5) is 55.4. The number of aliphatic hydroxyl groups is 5. The Balaban J connectivity index is 1.38. The van der Waals surface area contributed by atoms with Gasteiger partial charge in [0.15, 0.2) is 34.6 Å². The molecule has 5 aliphatic rings. The highest BCUT2D eigenvalue weighted by atomic mass is 16.7. The van der Waals surface area contributed by atoms with E-state index in [1.165, 1.54) is 30.5 Å². The molecule has 3 aromatic rings.